The second-order valence-corrected chi connectivity index (χ2v) is 3.93. The zero-order chi connectivity index (χ0) is 7.68. The normalized spacial score (nSPS) is 39.2. The van der Waals surface area contributed by atoms with E-state index in [0.29, 0.717) is 0 Å². The lowest BCUT2D eigenvalue weighted by molar-refractivity contribution is -0.918. The highest BCUT2D eigenvalue weighted by atomic mass is 35.5. The quantitative estimate of drug-likeness (QED) is 0.473. The Morgan fingerprint density at radius 1 is 1.33 bits per heavy atom. The van der Waals surface area contributed by atoms with Gasteiger partial charge in [-0.2, -0.15) is 0 Å². The van der Waals surface area contributed by atoms with E-state index in [2.05, 4.69) is 11.8 Å². The number of fused-ring (bicyclic) bond motifs is 3. The summed E-state index contributed by atoms with van der Waals surface area (Å²) < 4.78 is 0. The monoisotopic (exact) mass is 190 g/mol. The van der Waals surface area contributed by atoms with Gasteiger partial charge in [-0.3, -0.25) is 4.90 Å². The molecule has 2 bridgehead atoms. The summed E-state index contributed by atoms with van der Waals surface area (Å²) in [6.07, 6.45) is 2.78. The average molecular weight is 191 g/mol. The molecule has 1 atom stereocenters. The molecule has 0 aromatic carbocycles. The van der Waals surface area contributed by atoms with Crippen molar-refractivity contribution in [3.05, 3.63) is 0 Å². The first-order valence-electron chi connectivity index (χ1n) is 4.97. The smallest absolute Gasteiger partial charge is 0.0929 e. The number of hydrogen-bond donors (Lipinski definition) is 1. The van der Waals surface area contributed by atoms with Gasteiger partial charge in [-0.05, 0) is 6.42 Å². The lowest BCUT2D eigenvalue weighted by atomic mass is 10.0. The molecule has 1 unspecified atom stereocenters. The summed E-state index contributed by atoms with van der Waals surface area (Å²) in [7, 11) is 0. The third-order valence-electron chi connectivity index (χ3n) is 3.17. The van der Waals surface area contributed by atoms with Gasteiger partial charge in [0, 0.05) is 13.1 Å². The lowest BCUT2D eigenvalue weighted by Crippen LogP contribution is -3.18. The summed E-state index contributed by atoms with van der Waals surface area (Å²) in [5.74, 6) is 0. The molecule has 3 aliphatic heterocycles. The van der Waals surface area contributed by atoms with Gasteiger partial charge in [0.1, 0.15) is 0 Å². The van der Waals surface area contributed by atoms with Gasteiger partial charge in [-0.25, -0.2) is 0 Å². The molecular formula is C9H19ClN2. The van der Waals surface area contributed by atoms with Gasteiger partial charge in [-0.1, -0.05) is 13.3 Å². The Morgan fingerprint density at radius 2 is 2.00 bits per heavy atom. The Morgan fingerprint density at radius 3 is 2.42 bits per heavy atom. The highest BCUT2D eigenvalue weighted by Gasteiger charge is 2.33. The van der Waals surface area contributed by atoms with Gasteiger partial charge in [0.05, 0.1) is 25.7 Å². The minimum absolute atomic E-state index is 0. The van der Waals surface area contributed by atoms with Gasteiger partial charge < -0.3 is 17.3 Å². The number of nitrogens with one attached hydrogen (secondary N) is 1. The molecule has 0 saturated carbocycles. The second-order valence-electron chi connectivity index (χ2n) is 3.93. The van der Waals surface area contributed by atoms with E-state index < -0.39 is 0 Å². The van der Waals surface area contributed by atoms with Crippen LogP contribution in [0.1, 0.15) is 19.8 Å². The van der Waals surface area contributed by atoms with E-state index in [9.17, 15) is 0 Å². The summed E-state index contributed by atoms with van der Waals surface area (Å²) in [6.45, 7) is 9.25. The fraction of sp³-hybridized carbons (Fsp3) is 1.00. The fourth-order valence-corrected chi connectivity index (χ4v) is 2.49. The van der Waals surface area contributed by atoms with Crippen LogP contribution in [0.3, 0.4) is 0 Å². The summed E-state index contributed by atoms with van der Waals surface area (Å²) in [5.41, 5.74) is 0. The Hall–Kier alpha value is 0.210. The molecule has 3 heteroatoms. The Labute approximate surface area is 81.3 Å². The largest absolute Gasteiger partial charge is 1.00 e. The predicted octanol–water partition coefficient (Wildman–Crippen LogP) is -3.63. The first-order valence-corrected chi connectivity index (χ1v) is 4.97. The van der Waals surface area contributed by atoms with E-state index in [-0.39, 0.29) is 12.4 Å². The molecule has 3 fully saturated rings. The minimum Gasteiger partial charge on any atom is -1.00 e. The summed E-state index contributed by atoms with van der Waals surface area (Å²) in [4.78, 5) is 4.54. The molecule has 72 valence electrons. The van der Waals surface area contributed by atoms with Crippen molar-refractivity contribution >= 4 is 0 Å². The number of halogens is 1. The Balaban J connectivity index is 0.000000720. The van der Waals surface area contributed by atoms with Crippen LogP contribution in [0, 0.1) is 0 Å². The number of rotatable bonds is 2. The van der Waals surface area contributed by atoms with E-state index in [1.165, 1.54) is 45.6 Å². The van der Waals surface area contributed by atoms with E-state index in [1.807, 2.05) is 4.90 Å². The lowest BCUT2D eigenvalue weighted by Gasteiger charge is -2.44. The van der Waals surface area contributed by atoms with Crippen LogP contribution in [0.15, 0.2) is 0 Å². The van der Waals surface area contributed by atoms with Gasteiger partial charge in [0.25, 0.3) is 0 Å². The van der Waals surface area contributed by atoms with Crippen LogP contribution >= 0.6 is 0 Å². The first-order chi connectivity index (χ1) is 5.40. The predicted molar refractivity (Wildman–Crippen MR) is 45.8 cm³/mol. The maximum Gasteiger partial charge on any atom is 0.0929 e. The zero-order valence-electron chi connectivity index (χ0n) is 7.85. The molecule has 3 heterocycles. The maximum absolute atomic E-state index is 2.69. The van der Waals surface area contributed by atoms with Crippen molar-refractivity contribution in [3.8, 4) is 0 Å². The molecule has 0 aromatic heterocycles. The van der Waals surface area contributed by atoms with Crippen molar-refractivity contribution in [2.45, 2.75) is 25.8 Å². The number of hydrogen-bond acceptors (Lipinski definition) is 1. The standard InChI is InChI=1S/C9H18N2.ClH/c1-2-3-9-8-10-4-6-11(9)7-5-10;/h9H,2-8H2,1H3;1H. The van der Waals surface area contributed by atoms with E-state index in [0.717, 1.165) is 6.04 Å². The molecule has 1 N–H and O–H groups in total. The van der Waals surface area contributed by atoms with E-state index in [4.69, 9.17) is 0 Å². The number of piperazine rings is 3. The van der Waals surface area contributed by atoms with E-state index >= 15 is 0 Å². The summed E-state index contributed by atoms with van der Waals surface area (Å²) >= 11 is 0. The summed E-state index contributed by atoms with van der Waals surface area (Å²) in [5, 5.41) is 0. The van der Waals surface area contributed by atoms with Gasteiger partial charge >= 0.3 is 0 Å². The van der Waals surface area contributed by atoms with Crippen LogP contribution in [-0.2, 0) is 0 Å². The van der Waals surface area contributed by atoms with Gasteiger partial charge in [0.2, 0.25) is 0 Å². The third-order valence-corrected chi connectivity index (χ3v) is 3.17. The topological polar surface area (TPSA) is 7.68 Å². The van der Waals surface area contributed by atoms with Crippen LogP contribution in [0.2, 0.25) is 0 Å². The molecule has 2 nitrogen and oxygen atoms in total. The van der Waals surface area contributed by atoms with Crippen LogP contribution in [0.25, 0.3) is 0 Å². The molecule has 0 aromatic rings. The molecular weight excluding hydrogens is 172 g/mol. The average Bonchev–Trinajstić information content (AvgIpc) is 2.07. The van der Waals surface area contributed by atoms with E-state index in [1.54, 1.807) is 0 Å². The molecule has 12 heavy (non-hydrogen) atoms. The van der Waals surface area contributed by atoms with Crippen molar-refractivity contribution < 1.29 is 17.3 Å². The molecule has 3 aliphatic rings. The van der Waals surface area contributed by atoms with Crippen molar-refractivity contribution in [2.24, 2.45) is 0 Å². The van der Waals surface area contributed by atoms with Crippen LogP contribution < -0.4 is 17.3 Å². The maximum atomic E-state index is 2.69. The third kappa shape index (κ3) is 1.93. The first kappa shape index (κ1) is 10.3. The second kappa shape index (κ2) is 4.45. The molecule has 0 radical (unpaired) electrons. The van der Waals surface area contributed by atoms with Gasteiger partial charge in [0.15, 0.2) is 0 Å². The summed E-state index contributed by atoms with van der Waals surface area (Å²) in [6, 6.07) is 0.928. The molecule has 0 aliphatic carbocycles. The van der Waals surface area contributed by atoms with Crippen LogP contribution in [0.4, 0.5) is 0 Å². The van der Waals surface area contributed by atoms with Crippen molar-refractivity contribution in [3.63, 3.8) is 0 Å². The minimum atomic E-state index is 0. The van der Waals surface area contributed by atoms with Gasteiger partial charge in [-0.15, -0.1) is 0 Å². The SMILES string of the molecule is CCCC1C[NH+]2CCN1CC2.[Cl-]. The van der Waals surface area contributed by atoms with Crippen LogP contribution in [-0.4, -0.2) is 43.7 Å². The van der Waals surface area contributed by atoms with Crippen molar-refractivity contribution in [2.75, 3.05) is 32.7 Å². The Kier molecular flexibility index (Phi) is 3.81. The molecule has 0 spiro atoms. The van der Waals surface area contributed by atoms with Crippen LogP contribution in [0.5, 0.6) is 0 Å². The molecule has 0 amide bonds. The zero-order valence-corrected chi connectivity index (χ0v) is 8.61. The van der Waals surface area contributed by atoms with Crippen molar-refractivity contribution in [1.29, 1.82) is 0 Å². The Bertz CT molecular complexity index is 132. The molecule has 3 rings (SSSR count). The fourth-order valence-electron chi connectivity index (χ4n) is 2.49. The highest BCUT2D eigenvalue weighted by molar-refractivity contribution is 4.76. The molecule has 3 saturated heterocycles. The number of quaternary nitrogens is 1. The van der Waals surface area contributed by atoms with Crippen molar-refractivity contribution in [1.82, 2.24) is 4.90 Å². The highest BCUT2D eigenvalue weighted by Crippen LogP contribution is 2.09. The number of nitrogens with zero attached hydrogens (tertiary/aromatic N) is 1.